The van der Waals surface area contributed by atoms with E-state index in [1.165, 1.54) is 0 Å². The van der Waals surface area contributed by atoms with Gasteiger partial charge in [-0.05, 0) is 30.7 Å². The molecule has 0 aliphatic rings. The molecule has 1 heterocycles. The molecule has 0 fully saturated rings. The zero-order chi connectivity index (χ0) is 13.7. The standard InChI is InChI=1S/C15H18N2O2/c1-11(16)14-4-3-9-17-15(14)19-10-12-5-7-13(18-2)8-6-12/h3-9,11H,10,16H2,1-2H3/t11-/m0/s1. The van der Waals surface area contributed by atoms with Crippen molar-refractivity contribution in [1.29, 1.82) is 0 Å². The molecule has 0 bridgehead atoms. The zero-order valence-electron chi connectivity index (χ0n) is 11.2. The summed E-state index contributed by atoms with van der Waals surface area (Å²) in [6.07, 6.45) is 1.70. The Morgan fingerprint density at radius 2 is 1.95 bits per heavy atom. The highest BCUT2D eigenvalue weighted by Crippen LogP contribution is 2.21. The van der Waals surface area contributed by atoms with Crippen molar-refractivity contribution in [3.05, 3.63) is 53.7 Å². The molecule has 1 aromatic heterocycles. The first-order valence-corrected chi connectivity index (χ1v) is 6.17. The number of aromatic nitrogens is 1. The number of pyridine rings is 1. The van der Waals surface area contributed by atoms with E-state index in [0.29, 0.717) is 12.5 Å². The van der Waals surface area contributed by atoms with E-state index in [4.69, 9.17) is 15.2 Å². The molecule has 4 heteroatoms. The van der Waals surface area contributed by atoms with E-state index in [-0.39, 0.29) is 6.04 Å². The quantitative estimate of drug-likeness (QED) is 0.895. The first-order chi connectivity index (χ1) is 9.20. The van der Waals surface area contributed by atoms with Crippen LogP contribution >= 0.6 is 0 Å². The second-order valence-electron chi connectivity index (χ2n) is 4.32. The van der Waals surface area contributed by atoms with Crippen molar-refractivity contribution in [3.63, 3.8) is 0 Å². The van der Waals surface area contributed by atoms with Gasteiger partial charge in [0.1, 0.15) is 12.4 Å². The van der Waals surface area contributed by atoms with E-state index in [2.05, 4.69) is 4.98 Å². The van der Waals surface area contributed by atoms with E-state index >= 15 is 0 Å². The Morgan fingerprint density at radius 3 is 2.58 bits per heavy atom. The molecule has 1 aromatic carbocycles. The molecule has 0 radical (unpaired) electrons. The summed E-state index contributed by atoms with van der Waals surface area (Å²) in [5.41, 5.74) is 7.86. The highest BCUT2D eigenvalue weighted by molar-refractivity contribution is 5.30. The molecule has 4 nitrogen and oxygen atoms in total. The summed E-state index contributed by atoms with van der Waals surface area (Å²) in [6, 6.07) is 11.4. The Morgan fingerprint density at radius 1 is 1.21 bits per heavy atom. The Kier molecular flexibility index (Phi) is 4.36. The Bertz CT molecular complexity index is 524. The maximum Gasteiger partial charge on any atom is 0.218 e. The number of methoxy groups -OCH3 is 1. The molecule has 19 heavy (non-hydrogen) atoms. The number of nitrogens with zero attached hydrogens (tertiary/aromatic N) is 1. The van der Waals surface area contributed by atoms with E-state index < -0.39 is 0 Å². The lowest BCUT2D eigenvalue weighted by atomic mass is 10.1. The van der Waals surface area contributed by atoms with Crippen LogP contribution in [0.5, 0.6) is 11.6 Å². The fourth-order valence-corrected chi connectivity index (χ4v) is 1.74. The van der Waals surface area contributed by atoms with Gasteiger partial charge >= 0.3 is 0 Å². The Balaban J connectivity index is 2.05. The number of hydrogen-bond acceptors (Lipinski definition) is 4. The first kappa shape index (κ1) is 13.4. The lowest BCUT2D eigenvalue weighted by Crippen LogP contribution is -2.09. The number of nitrogens with two attached hydrogens (primary N) is 1. The van der Waals surface area contributed by atoms with Gasteiger partial charge in [0.25, 0.3) is 0 Å². The van der Waals surface area contributed by atoms with Crippen LogP contribution in [-0.2, 0) is 6.61 Å². The fraction of sp³-hybridized carbons (Fsp3) is 0.267. The van der Waals surface area contributed by atoms with Crippen LogP contribution in [0.25, 0.3) is 0 Å². The minimum absolute atomic E-state index is 0.0976. The number of ether oxygens (including phenoxy) is 2. The predicted molar refractivity (Wildman–Crippen MR) is 74.2 cm³/mol. The van der Waals surface area contributed by atoms with E-state index in [0.717, 1.165) is 16.9 Å². The maximum atomic E-state index is 5.88. The van der Waals surface area contributed by atoms with Gasteiger partial charge in [0.15, 0.2) is 0 Å². The molecule has 0 amide bonds. The van der Waals surface area contributed by atoms with Gasteiger partial charge in [-0.25, -0.2) is 4.98 Å². The fourth-order valence-electron chi connectivity index (χ4n) is 1.74. The topological polar surface area (TPSA) is 57.4 Å². The lowest BCUT2D eigenvalue weighted by molar-refractivity contribution is 0.288. The van der Waals surface area contributed by atoms with Crippen LogP contribution < -0.4 is 15.2 Å². The summed E-state index contributed by atoms with van der Waals surface area (Å²) in [5.74, 6) is 1.42. The summed E-state index contributed by atoms with van der Waals surface area (Å²) in [6.45, 7) is 2.37. The summed E-state index contributed by atoms with van der Waals surface area (Å²) >= 11 is 0. The molecule has 2 rings (SSSR count). The third-order valence-electron chi connectivity index (χ3n) is 2.83. The molecule has 0 spiro atoms. The average Bonchev–Trinajstić information content (AvgIpc) is 2.46. The molecule has 0 aliphatic heterocycles. The molecule has 0 saturated heterocycles. The van der Waals surface area contributed by atoms with Crippen LogP contribution in [0.4, 0.5) is 0 Å². The second kappa shape index (κ2) is 6.20. The highest BCUT2D eigenvalue weighted by atomic mass is 16.5. The first-order valence-electron chi connectivity index (χ1n) is 6.17. The Labute approximate surface area is 113 Å². The minimum Gasteiger partial charge on any atom is -0.497 e. The molecular formula is C15H18N2O2. The average molecular weight is 258 g/mol. The molecule has 2 N–H and O–H groups in total. The van der Waals surface area contributed by atoms with Crippen molar-refractivity contribution in [2.45, 2.75) is 19.6 Å². The number of rotatable bonds is 5. The molecule has 1 atom stereocenters. The normalized spacial score (nSPS) is 11.9. The molecule has 2 aromatic rings. The van der Waals surface area contributed by atoms with Crippen LogP contribution in [0.1, 0.15) is 24.1 Å². The predicted octanol–water partition coefficient (Wildman–Crippen LogP) is 2.69. The van der Waals surface area contributed by atoms with Gasteiger partial charge in [-0.1, -0.05) is 18.2 Å². The second-order valence-corrected chi connectivity index (χ2v) is 4.32. The SMILES string of the molecule is COc1ccc(COc2ncccc2[C@H](C)N)cc1. The Hall–Kier alpha value is -2.07. The van der Waals surface area contributed by atoms with Crippen LogP contribution in [0, 0.1) is 0 Å². The van der Waals surface area contributed by atoms with E-state index in [1.807, 2.05) is 43.3 Å². The van der Waals surface area contributed by atoms with Crippen LogP contribution in [-0.4, -0.2) is 12.1 Å². The lowest BCUT2D eigenvalue weighted by Gasteiger charge is -2.12. The van der Waals surface area contributed by atoms with Gasteiger partial charge in [-0.2, -0.15) is 0 Å². The summed E-state index contributed by atoms with van der Waals surface area (Å²) in [5, 5.41) is 0. The van der Waals surface area contributed by atoms with Gasteiger partial charge in [-0.15, -0.1) is 0 Å². The van der Waals surface area contributed by atoms with Crippen LogP contribution in [0.2, 0.25) is 0 Å². The third kappa shape index (κ3) is 3.45. The zero-order valence-corrected chi connectivity index (χ0v) is 11.2. The van der Waals surface area contributed by atoms with Gasteiger partial charge < -0.3 is 15.2 Å². The van der Waals surface area contributed by atoms with Crippen LogP contribution in [0.15, 0.2) is 42.6 Å². The van der Waals surface area contributed by atoms with E-state index in [1.54, 1.807) is 13.3 Å². The van der Waals surface area contributed by atoms with Crippen molar-refractivity contribution in [3.8, 4) is 11.6 Å². The van der Waals surface area contributed by atoms with Gasteiger partial charge in [0.2, 0.25) is 5.88 Å². The number of hydrogen-bond donors (Lipinski definition) is 1. The van der Waals surface area contributed by atoms with Crippen molar-refractivity contribution < 1.29 is 9.47 Å². The van der Waals surface area contributed by atoms with Crippen molar-refractivity contribution in [1.82, 2.24) is 4.98 Å². The largest absolute Gasteiger partial charge is 0.497 e. The van der Waals surface area contributed by atoms with Gasteiger partial charge in [-0.3, -0.25) is 0 Å². The summed E-state index contributed by atoms with van der Waals surface area (Å²) in [7, 11) is 1.65. The van der Waals surface area contributed by atoms with E-state index in [9.17, 15) is 0 Å². The number of benzene rings is 1. The summed E-state index contributed by atoms with van der Waals surface area (Å²) < 4.78 is 10.8. The summed E-state index contributed by atoms with van der Waals surface area (Å²) in [4.78, 5) is 4.22. The molecule has 0 aliphatic carbocycles. The van der Waals surface area contributed by atoms with Crippen LogP contribution in [0.3, 0.4) is 0 Å². The monoisotopic (exact) mass is 258 g/mol. The maximum absolute atomic E-state index is 5.88. The van der Waals surface area contributed by atoms with Gasteiger partial charge in [0.05, 0.1) is 7.11 Å². The van der Waals surface area contributed by atoms with Crippen molar-refractivity contribution in [2.75, 3.05) is 7.11 Å². The third-order valence-corrected chi connectivity index (χ3v) is 2.83. The van der Waals surface area contributed by atoms with Crippen molar-refractivity contribution >= 4 is 0 Å². The minimum atomic E-state index is -0.0976. The molecular weight excluding hydrogens is 240 g/mol. The molecule has 0 saturated carbocycles. The molecule has 0 unspecified atom stereocenters. The van der Waals surface area contributed by atoms with Crippen molar-refractivity contribution in [2.24, 2.45) is 5.73 Å². The molecule has 100 valence electrons. The van der Waals surface area contributed by atoms with Gasteiger partial charge in [0, 0.05) is 17.8 Å². The smallest absolute Gasteiger partial charge is 0.218 e. The highest BCUT2D eigenvalue weighted by Gasteiger charge is 2.08.